The zero-order chi connectivity index (χ0) is 15.9. The van der Waals surface area contributed by atoms with Gasteiger partial charge in [0.05, 0.1) is 25.9 Å². The first-order valence-corrected chi connectivity index (χ1v) is 8.60. The maximum Gasteiger partial charge on any atom is 0.251 e. The summed E-state index contributed by atoms with van der Waals surface area (Å²) in [6.45, 7) is 5.64. The van der Waals surface area contributed by atoms with Crippen molar-refractivity contribution in [1.29, 1.82) is 0 Å². The highest BCUT2D eigenvalue weighted by atomic mass is 16.6. The normalized spacial score (nSPS) is 22.7. The van der Waals surface area contributed by atoms with Crippen LogP contribution in [0.15, 0.2) is 24.3 Å². The molecule has 5 heteroatoms. The fraction of sp³-hybridized carbons (Fsp3) is 0.611. The first-order valence-electron chi connectivity index (χ1n) is 8.60. The highest BCUT2D eigenvalue weighted by molar-refractivity contribution is 5.94. The number of amides is 1. The van der Waals surface area contributed by atoms with Crippen molar-refractivity contribution < 1.29 is 14.3 Å². The van der Waals surface area contributed by atoms with Gasteiger partial charge in [-0.15, -0.1) is 0 Å². The average molecular weight is 318 g/mol. The van der Waals surface area contributed by atoms with E-state index in [1.54, 1.807) is 0 Å². The van der Waals surface area contributed by atoms with Gasteiger partial charge < -0.3 is 14.8 Å². The summed E-state index contributed by atoms with van der Waals surface area (Å²) in [6, 6.07) is 7.94. The zero-order valence-electron chi connectivity index (χ0n) is 13.6. The van der Waals surface area contributed by atoms with Crippen LogP contribution < -0.4 is 5.32 Å². The highest BCUT2D eigenvalue weighted by Crippen LogP contribution is 2.13. The van der Waals surface area contributed by atoms with Gasteiger partial charge in [-0.3, -0.25) is 9.69 Å². The van der Waals surface area contributed by atoms with Crippen LogP contribution in [-0.4, -0.2) is 56.4 Å². The second kappa shape index (κ2) is 8.43. The van der Waals surface area contributed by atoms with E-state index in [1.165, 1.54) is 37.9 Å². The van der Waals surface area contributed by atoms with Crippen LogP contribution in [0.2, 0.25) is 0 Å². The molecule has 5 nitrogen and oxygen atoms in total. The van der Waals surface area contributed by atoms with E-state index in [4.69, 9.17) is 9.47 Å². The lowest BCUT2D eigenvalue weighted by Crippen LogP contribution is -2.39. The number of nitrogens with one attached hydrogen (secondary N) is 1. The topological polar surface area (TPSA) is 50.8 Å². The molecular weight excluding hydrogens is 292 g/mol. The fourth-order valence-corrected chi connectivity index (χ4v) is 3.10. The van der Waals surface area contributed by atoms with Gasteiger partial charge in [0.15, 0.2) is 0 Å². The van der Waals surface area contributed by atoms with E-state index in [9.17, 15) is 4.79 Å². The number of piperidine rings is 1. The smallest absolute Gasteiger partial charge is 0.251 e. The molecule has 2 fully saturated rings. The fourth-order valence-electron chi connectivity index (χ4n) is 3.10. The monoisotopic (exact) mass is 318 g/mol. The lowest BCUT2D eigenvalue weighted by molar-refractivity contribution is -0.0855. The summed E-state index contributed by atoms with van der Waals surface area (Å²) in [5.41, 5.74) is 1.97. The Hall–Kier alpha value is -1.43. The van der Waals surface area contributed by atoms with Crippen molar-refractivity contribution in [2.75, 3.05) is 39.5 Å². The quantitative estimate of drug-likeness (QED) is 0.900. The molecule has 126 valence electrons. The van der Waals surface area contributed by atoms with Crippen LogP contribution in [0.3, 0.4) is 0 Å². The van der Waals surface area contributed by atoms with E-state index in [0.29, 0.717) is 31.9 Å². The van der Waals surface area contributed by atoms with Crippen molar-refractivity contribution in [3.63, 3.8) is 0 Å². The summed E-state index contributed by atoms with van der Waals surface area (Å²) in [4.78, 5) is 14.7. The van der Waals surface area contributed by atoms with Crippen LogP contribution in [0, 0.1) is 0 Å². The van der Waals surface area contributed by atoms with Crippen LogP contribution in [-0.2, 0) is 16.0 Å². The van der Waals surface area contributed by atoms with Crippen molar-refractivity contribution in [3.05, 3.63) is 35.4 Å². The summed E-state index contributed by atoms with van der Waals surface area (Å²) in [5.74, 6) is -0.0521. The molecule has 2 aliphatic rings. The van der Waals surface area contributed by atoms with Gasteiger partial charge in [0.25, 0.3) is 5.91 Å². The van der Waals surface area contributed by atoms with Crippen molar-refractivity contribution >= 4 is 5.91 Å². The molecule has 0 spiro atoms. The molecule has 3 rings (SSSR count). The van der Waals surface area contributed by atoms with Gasteiger partial charge >= 0.3 is 0 Å². The predicted molar refractivity (Wildman–Crippen MR) is 88.5 cm³/mol. The van der Waals surface area contributed by atoms with Gasteiger partial charge in [0.1, 0.15) is 0 Å². The second-order valence-corrected chi connectivity index (χ2v) is 6.31. The number of carbonyl (C=O) groups is 1. The number of rotatable bonds is 5. The van der Waals surface area contributed by atoms with Gasteiger partial charge in [-0.1, -0.05) is 18.6 Å². The van der Waals surface area contributed by atoms with E-state index in [1.807, 2.05) is 12.1 Å². The molecule has 0 saturated carbocycles. The largest absolute Gasteiger partial charge is 0.376 e. The lowest BCUT2D eigenvalue weighted by Gasteiger charge is -2.26. The average Bonchev–Trinajstić information content (AvgIpc) is 2.62. The minimum atomic E-state index is -0.0521. The Bertz CT molecular complexity index is 491. The first-order chi connectivity index (χ1) is 11.3. The van der Waals surface area contributed by atoms with Gasteiger partial charge in [0, 0.05) is 18.7 Å². The van der Waals surface area contributed by atoms with Gasteiger partial charge in [-0.05, 0) is 43.6 Å². The Balaban J connectivity index is 1.46. The summed E-state index contributed by atoms with van der Waals surface area (Å²) in [7, 11) is 0. The number of ether oxygens (including phenoxy) is 2. The third-order valence-electron chi connectivity index (χ3n) is 4.45. The molecule has 1 aromatic rings. The van der Waals surface area contributed by atoms with Gasteiger partial charge in [0.2, 0.25) is 0 Å². The van der Waals surface area contributed by atoms with Crippen LogP contribution in [0.4, 0.5) is 0 Å². The molecule has 2 heterocycles. The third kappa shape index (κ3) is 5.03. The minimum Gasteiger partial charge on any atom is -0.376 e. The Morgan fingerprint density at radius 3 is 2.61 bits per heavy atom. The summed E-state index contributed by atoms with van der Waals surface area (Å²) < 4.78 is 10.8. The Morgan fingerprint density at radius 2 is 1.91 bits per heavy atom. The summed E-state index contributed by atoms with van der Waals surface area (Å²) >= 11 is 0. The van der Waals surface area contributed by atoms with E-state index in [0.717, 1.165) is 6.54 Å². The SMILES string of the molecule is O=C(NC[C@H]1COCCO1)c1ccc(CN2CCCCC2)cc1. The Labute approximate surface area is 137 Å². The molecule has 1 atom stereocenters. The number of carbonyl (C=O) groups excluding carboxylic acids is 1. The Kier molecular flexibility index (Phi) is 6.02. The zero-order valence-corrected chi connectivity index (χ0v) is 13.6. The molecule has 0 aliphatic carbocycles. The predicted octanol–water partition coefficient (Wildman–Crippen LogP) is 1.82. The molecule has 0 aromatic heterocycles. The maximum atomic E-state index is 12.2. The molecule has 1 aromatic carbocycles. The van der Waals surface area contributed by atoms with E-state index in [2.05, 4.69) is 22.3 Å². The molecule has 0 radical (unpaired) electrons. The molecule has 0 unspecified atom stereocenters. The third-order valence-corrected chi connectivity index (χ3v) is 4.45. The van der Waals surface area contributed by atoms with Crippen molar-refractivity contribution in [3.8, 4) is 0 Å². The number of hydrogen-bond acceptors (Lipinski definition) is 4. The molecule has 1 amide bonds. The van der Waals surface area contributed by atoms with Crippen molar-refractivity contribution in [1.82, 2.24) is 10.2 Å². The highest BCUT2D eigenvalue weighted by Gasteiger charge is 2.16. The molecule has 0 bridgehead atoms. The van der Waals surface area contributed by atoms with Crippen LogP contribution >= 0.6 is 0 Å². The van der Waals surface area contributed by atoms with E-state index >= 15 is 0 Å². The number of hydrogen-bond donors (Lipinski definition) is 1. The lowest BCUT2D eigenvalue weighted by atomic mass is 10.1. The maximum absolute atomic E-state index is 12.2. The van der Waals surface area contributed by atoms with Crippen molar-refractivity contribution in [2.45, 2.75) is 31.9 Å². The second-order valence-electron chi connectivity index (χ2n) is 6.31. The van der Waals surface area contributed by atoms with E-state index < -0.39 is 0 Å². The van der Waals surface area contributed by atoms with Crippen LogP contribution in [0.25, 0.3) is 0 Å². The van der Waals surface area contributed by atoms with Crippen LogP contribution in [0.5, 0.6) is 0 Å². The van der Waals surface area contributed by atoms with Crippen LogP contribution in [0.1, 0.15) is 35.2 Å². The standard InChI is InChI=1S/C18H26N2O3/c21-18(19-12-17-14-22-10-11-23-17)16-6-4-15(5-7-16)13-20-8-2-1-3-9-20/h4-7,17H,1-3,8-14H2,(H,19,21)/t17-/m0/s1. The molecule has 23 heavy (non-hydrogen) atoms. The van der Waals surface area contributed by atoms with Gasteiger partial charge in [-0.2, -0.15) is 0 Å². The molecule has 2 aliphatic heterocycles. The number of likely N-dealkylation sites (tertiary alicyclic amines) is 1. The molecular formula is C18H26N2O3. The van der Waals surface area contributed by atoms with E-state index in [-0.39, 0.29) is 12.0 Å². The van der Waals surface area contributed by atoms with Crippen molar-refractivity contribution in [2.24, 2.45) is 0 Å². The number of nitrogens with zero attached hydrogens (tertiary/aromatic N) is 1. The summed E-state index contributed by atoms with van der Waals surface area (Å²) in [5, 5.41) is 2.92. The number of benzene rings is 1. The van der Waals surface area contributed by atoms with Gasteiger partial charge in [-0.25, -0.2) is 0 Å². The molecule has 1 N–H and O–H groups in total. The minimum absolute atomic E-state index is 0.0360. The Morgan fingerprint density at radius 1 is 1.13 bits per heavy atom. The summed E-state index contributed by atoms with van der Waals surface area (Å²) in [6.07, 6.45) is 3.91. The first kappa shape index (κ1) is 16.4. The molecule has 2 saturated heterocycles.